The molecule has 0 saturated carbocycles. The van der Waals surface area contributed by atoms with Crippen molar-refractivity contribution >= 4 is 25.8 Å². The maximum absolute atomic E-state index is 11.4. The lowest BCUT2D eigenvalue weighted by molar-refractivity contribution is -0.137. The van der Waals surface area contributed by atoms with Crippen molar-refractivity contribution in [2.75, 3.05) is 17.9 Å². The summed E-state index contributed by atoms with van der Waals surface area (Å²) >= 11 is 0. The van der Waals surface area contributed by atoms with Gasteiger partial charge in [-0.25, -0.2) is 21.6 Å². The van der Waals surface area contributed by atoms with Gasteiger partial charge in [0.1, 0.15) is 0 Å². The van der Waals surface area contributed by atoms with Crippen LogP contribution in [0.15, 0.2) is 0 Å². The van der Waals surface area contributed by atoms with Gasteiger partial charge in [0, 0.05) is 19.2 Å². The molecule has 9 heteroatoms. The number of rotatable bonds is 10. The maximum atomic E-state index is 11.4. The van der Waals surface area contributed by atoms with E-state index in [4.69, 9.17) is 5.11 Å². The molecule has 0 radical (unpaired) electrons. The highest BCUT2D eigenvalue weighted by molar-refractivity contribution is 8.06. The van der Waals surface area contributed by atoms with Crippen LogP contribution in [0.2, 0.25) is 0 Å². The van der Waals surface area contributed by atoms with Gasteiger partial charge in [-0.05, 0) is 18.8 Å². The maximum Gasteiger partial charge on any atom is 0.303 e. The van der Waals surface area contributed by atoms with Gasteiger partial charge in [-0.1, -0.05) is 13.3 Å². The first kappa shape index (κ1) is 18.3. The van der Waals surface area contributed by atoms with Crippen LogP contribution in [0.5, 0.6) is 0 Å². The van der Waals surface area contributed by atoms with Crippen molar-refractivity contribution in [3.63, 3.8) is 0 Å². The Hall–Kier alpha value is -0.670. The highest BCUT2D eigenvalue weighted by Gasteiger charge is 2.18. The molecule has 0 aliphatic heterocycles. The number of hydrogen-bond donors (Lipinski definition) is 2. The topological polar surface area (TPSA) is 118 Å². The molecular formula is C10H21NO6S2. The quantitative estimate of drug-likeness (QED) is 0.594. The van der Waals surface area contributed by atoms with Crippen LogP contribution in [0.3, 0.4) is 0 Å². The Morgan fingerprint density at radius 3 is 2.21 bits per heavy atom. The summed E-state index contributed by atoms with van der Waals surface area (Å²) < 4.78 is 46.8. The second-order valence-corrected chi connectivity index (χ2v) is 8.86. The molecule has 0 saturated heterocycles. The number of sulfone groups is 1. The zero-order chi connectivity index (χ0) is 15.1. The van der Waals surface area contributed by atoms with Gasteiger partial charge in [-0.2, -0.15) is 0 Å². The predicted octanol–water partition coefficient (Wildman–Crippen LogP) is 0.189. The summed E-state index contributed by atoms with van der Waals surface area (Å²) in [6, 6.07) is 0. The number of carboxylic acid groups (broad SMARTS) is 1. The molecule has 7 nitrogen and oxygen atoms in total. The molecule has 0 fully saturated rings. The van der Waals surface area contributed by atoms with Crippen molar-refractivity contribution in [1.82, 2.24) is 4.72 Å². The smallest absolute Gasteiger partial charge is 0.303 e. The molecule has 0 spiro atoms. The van der Waals surface area contributed by atoms with Crippen LogP contribution in [-0.2, 0) is 24.7 Å². The first-order valence-electron chi connectivity index (χ1n) is 5.92. The van der Waals surface area contributed by atoms with Crippen LogP contribution in [0.4, 0.5) is 0 Å². The second kappa shape index (κ2) is 7.81. The fraction of sp³-hybridized carbons (Fsp3) is 0.900. The predicted molar refractivity (Wildman–Crippen MR) is 71.9 cm³/mol. The van der Waals surface area contributed by atoms with E-state index in [0.29, 0.717) is 12.8 Å². The number of carbonyl (C=O) groups is 1. The van der Waals surface area contributed by atoms with E-state index in [1.54, 1.807) is 0 Å². The zero-order valence-electron chi connectivity index (χ0n) is 11.1. The molecule has 1 unspecified atom stereocenters. The van der Waals surface area contributed by atoms with Gasteiger partial charge < -0.3 is 5.11 Å². The minimum absolute atomic E-state index is 0.0502. The lowest BCUT2D eigenvalue weighted by Crippen LogP contribution is -2.31. The summed E-state index contributed by atoms with van der Waals surface area (Å²) in [4.78, 5) is 10.4. The molecule has 0 aromatic carbocycles. The average molecular weight is 315 g/mol. The summed E-state index contributed by atoms with van der Waals surface area (Å²) in [6.07, 6.45) is 2.63. The Morgan fingerprint density at radius 1 is 1.21 bits per heavy atom. The van der Waals surface area contributed by atoms with E-state index in [2.05, 4.69) is 4.72 Å². The van der Waals surface area contributed by atoms with Gasteiger partial charge in [0.2, 0.25) is 10.0 Å². The fourth-order valence-corrected chi connectivity index (χ4v) is 4.64. The van der Waals surface area contributed by atoms with E-state index in [1.165, 1.54) is 0 Å². The molecule has 0 amide bonds. The summed E-state index contributed by atoms with van der Waals surface area (Å²) in [6.45, 7) is 2.02. The molecule has 0 heterocycles. The molecular weight excluding hydrogens is 294 g/mol. The Labute approximate surface area is 114 Å². The number of carboxylic acids is 1. The van der Waals surface area contributed by atoms with Gasteiger partial charge in [0.25, 0.3) is 0 Å². The molecule has 2 N–H and O–H groups in total. The third-order valence-electron chi connectivity index (χ3n) is 2.59. The summed E-state index contributed by atoms with van der Waals surface area (Å²) in [7, 11) is -7.42. The van der Waals surface area contributed by atoms with Crippen LogP contribution in [0, 0.1) is 5.92 Å². The van der Waals surface area contributed by atoms with Gasteiger partial charge in [0.05, 0.1) is 0 Å². The minimum atomic E-state index is -3.83. The molecule has 19 heavy (non-hydrogen) atoms. The van der Waals surface area contributed by atoms with E-state index >= 15 is 0 Å². The van der Waals surface area contributed by atoms with Crippen molar-refractivity contribution < 1.29 is 26.7 Å². The summed E-state index contributed by atoms with van der Waals surface area (Å²) in [5.41, 5.74) is 0. The lowest BCUT2D eigenvalue weighted by atomic mass is 9.97. The number of sulfonamides is 1. The number of aliphatic carboxylic acids is 1. The van der Waals surface area contributed by atoms with Crippen molar-refractivity contribution in [1.29, 1.82) is 0 Å². The third-order valence-corrected chi connectivity index (χ3v) is 6.19. The van der Waals surface area contributed by atoms with E-state index in [1.807, 2.05) is 6.92 Å². The SMILES string of the molecule is CCC(CCNS(=O)(=O)CS(C)(=O)=O)CCC(=O)O. The van der Waals surface area contributed by atoms with Crippen molar-refractivity contribution in [3.05, 3.63) is 0 Å². The molecule has 0 aromatic rings. The van der Waals surface area contributed by atoms with Crippen molar-refractivity contribution in [2.24, 2.45) is 5.92 Å². The first-order valence-corrected chi connectivity index (χ1v) is 9.64. The lowest BCUT2D eigenvalue weighted by Gasteiger charge is -2.13. The number of nitrogens with one attached hydrogen (secondary N) is 1. The van der Waals surface area contributed by atoms with Gasteiger partial charge in [0.15, 0.2) is 14.9 Å². The third kappa shape index (κ3) is 10.9. The summed E-state index contributed by atoms with van der Waals surface area (Å²) in [5.74, 6) is -0.770. The molecule has 0 bridgehead atoms. The largest absolute Gasteiger partial charge is 0.481 e. The monoisotopic (exact) mass is 315 g/mol. The minimum Gasteiger partial charge on any atom is -0.481 e. The van der Waals surface area contributed by atoms with Crippen LogP contribution >= 0.6 is 0 Å². The molecule has 0 aliphatic rings. The zero-order valence-corrected chi connectivity index (χ0v) is 12.8. The normalized spacial score (nSPS) is 14.2. The Bertz CT molecular complexity index is 482. The molecule has 1 atom stereocenters. The average Bonchev–Trinajstić information content (AvgIpc) is 2.19. The van der Waals surface area contributed by atoms with Crippen LogP contribution in [0.1, 0.15) is 32.6 Å². The van der Waals surface area contributed by atoms with Crippen molar-refractivity contribution in [2.45, 2.75) is 32.6 Å². The summed E-state index contributed by atoms with van der Waals surface area (Å²) in [5, 5.41) is 7.64. The Kier molecular flexibility index (Phi) is 7.53. The highest BCUT2D eigenvalue weighted by Crippen LogP contribution is 2.14. The first-order chi connectivity index (χ1) is 8.56. The van der Waals surface area contributed by atoms with E-state index < -0.39 is 30.9 Å². The second-order valence-electron chi connectivity index (χ2n) is 4.55. The van der Waals surface area contributed by atoms with Crippen LogP contribution in [-0.4, -0.2) is 45.8 Å². The van der Waals surface area contributed by atoms with Gasteiger partial charge in [-0.15, -0.1) is 0 Å². The Balaban J connectivity index is 4.16. The number of hydrogen-bond acceptors (Lipinski definition) is 5. The van der Waals surface area contributed by atoms with Crippen LogP contribution in [0.25, 0.3) is 0 Å². The molecule has 114 valence electrons. The highest BCUT2D eigenvalue weighted by atomic mass is 32.3. The molecule has 0 aromatic heterocycles. The van der Waals surface area contributed by atoms with E-state index in [0.717, 1.165) is 12.7 Å². The van der Waals surface area contributed by atoms with Crippen LogP contribution < -0.4 is 4.72 Å². The van der Waals surface area contributed by atoms with Crippen molar-refractivity contribution in [3.8, 4) is 0 Å². The van der Waals surface area contributed by atoms with E-state index in [9.17, 15) is 21.6 Å². The van der Waals surface area contributed by atoms with Gasteiger partial charge in [-0.3, -0.25) is 4.79 Å². The fourth-order valence-electron chi connectivity index (χ4n) is 1.62. The van der Waals surface area contributed by atoms with Gasteiger partial charge >= 0.3 is 5.97 Å². The standard InChI is InChI=1S/C10H21NO6S2/c1-3-9(4-5-10(12)13)6-7-11-19(16,17)8-18(2,14)15/h9,11H,3-8H2,1-2H3,(H,12,13). The Morgan fingerprint density at radius 2 is 1.79 bits per heavy atom. The molecule has 0 rings (SSSR count). The molecule has 0 aliphatic carbocycles. The van der Waals surface area contributed by atoms with E-state index in [-0.39, 0.29) is 18.9 Å².